The Morgan fingerprint density at radius 1 is 1.31 bits per heavy atom. The van der Waals surface area contributed by atoms with Gasteiger partial charge in [0, 0.05) is 17.3 Å². The summed E-state index contributed by atoms with van der Waals surface area (Å²) in [7, 11) is 1.32. The van der Waals surface area contributed by atoms with Crippen LogP contribution in [0.5, 0.6) is 0 Å². The minimum atomic E-state index is -1.13. The van der Waals surface area contributed by atoms with Gasteiger partial charge in [0.2, 0.25) is 5.91 Å². The zero-order valence-electron chi connectivity index (χ0n) is 15.2. The van der Waals surface area contributed by atoms with E-state index >= 15 is 0 Å². The molecule has 3 N–H and O–H groups in total. The van der Waals surface area contributed by atoms with Gasteiger partial charge < -0.3 is 20.1 Å². The van der Waals surface area contributed by atoms with Crippen molar-refractivity contribution in [2.45, 2.75) is 45.1 Å². The molecule has 1 fully saturated rings. The fourth-order valence-corrected chi connectivity index (χ4v) is 3.18. The van der Waals surface area contributed by atoms with Gasteiger partial charge in [0.25, 0.3) is 0 Å². The molecule has 144 valence electrons. The van der Waals surface area contributed by atoms with Crippen molar-refractivity contribution in [2.24, 2.45) is 5.92 Å². The van der Waals surface area contributed by atoms with Gasteiger partial charge in [0.1, 0.15) is 6.04 Å². The summed E-state index contributed by atoms with van der Waals surface area (Å²) in [6.45, 7) is 4.27. The lowest BCUT2D eigenvalue weighted by molar-refractivity contribution is -0.152. The van der Waals surface area contributed by atoms with Crippen LogP contribution in [0.3, 0.4) is 0 Å². The number of methoxy groups -OCH3 is 1. The minimum Gasteiger partial charge on any atom is -0.467 e. The van der Waals surface area contributed by atoms with Crippen LogP contribution in [-0.2, 0) is 14.3 Å². The van der Waals surface area contributed by atoms with Gasteiger partial charge in [-0.3, -0.25) is 10.1 Å². The highest BCUT2D eigenvalue weighted by Gasteiger charge is 2.39. The molecule has 1 unspecified atom stereocenters. The van der Waals surface area contributed by atoms with Gasteiger partial charge in [-0.15, -0.1) is 0 Å². The number of ether oxygens (including phenoxy) is 1. The number of carbonyl (C=O) groups is 2. The first-order chi connectivity index (χ1) is 12.3. The van der Waals surface area contributed by atoms with E-state index in [-0.39, 0.29) is 11.8 Å². The Hall–Kier alpha value is -1.83. The molecule has 1 aliphatic rings. The number of aliphatic hydroxyl groups is 1. The van der Waals surface area contributed by atoms with Crippen LogP contribution in [0.1, 0.15) is 26.7 Å². The number of amides is 1. The van der Waals surface area contributed by atoms with Crippen LogP contribution in [0.15, 0.2) is 24.3 Å². The van der Waals surface area contributed by atoms with Crippen molar-refractivity contribution in [1.82, 2.24) is 10.2 Å². The third kappa shape index (κ3) is 5.09. The van der Waals surface area contributed by atoms with E-state index in [9.17, 15) is 14.7 Å². The second kappa shape index (κ2) is 9.21. The van der Waals surface area contributed by atoms with Gasteiger partial charge >= 0.3 is 5.97 Å². The van der Waals surface area contributed by atoms with E-state index in [1.165, 1.54) is 7.11 Å². The largest absolute Gasteiger partial charge is 0.467 e. The zero-order valence-corrected chi connectivity index (χ0v) is 16.0. The molecule has 0 saturated carbocycles. The van der Waals surface area contributed by atoms with Crippen molar-refractivity contribution in [3.63, 3.8) is 0 Å². The van der Waals surface area contributed by atoms with Gasteiger partial charge in [-0.2, -0.15) is 0 Å². The summed E-state index contributed by atoms with van der Waals surface area (Å²) in [6, 6.07) is 5.66. The lowest BCUT2D eigenvalue weighted by atomic mass is 10.0. The van der Waals surface area contributed by atoms with Crippen LogP contribution >= 0.6 is 11.6 Å². The highest BCUT2D eigenvalue weighted by atomic mass is 35.5. The Bertz CT molecular complexity index is 623. The van der Waals surface area contributed by atoms with Crippen LogP contribution < -0.4 is 10.6 Å². The molecule has 1 saturated heterocycles. The van der Waals surface area contributed by atoms with Crippen LogP contribution in [0, 0.1) is 5.92 Å². The van der Waals surface area contributed by atoms with Crippen LogP contribution in [-0.4, -0.2) is 54.0 Å². The number of rotatable bonds is 7. The van der Waals surface area contributed by atoms with E-state index in [2.05, 4.69) is 10.6 Å². The number of esters is 1. The zero-order chi connectivity index (χ0) is 19.3. The lowest BCUT2D eigenvalue weighted by Gasteiger charge is -2.31. The molecule has 0 bridgehead atoms. The summed E-state index contributed by atoms with van der Waals surface area (Å²) < 4.78 is 4.80. The molecule has 8 heteroatoms. The minimum absolute atomic E-state index is 0.0805. The molecule has 0 spiro atoms. The molecular formula is C18H26ClN3O4. The summed E-state index contributed by atoms with van der Waals surface area (Å²) in [5.74, 6) is -0.703. The van der Waals surface area contributed by atoms with Crippen molar-refractivity contribution in [3.8, 4) is 0 Å². The summed E-state index contributed by atoms with van der Waals surface area (Å²) in [5.41, 5.74) is 0.665. The number of hydrogen-bond donors (Lipinski definition) is 3. The van der Waals surface area contributed by atoms with Crippen LogP contribution in [0.25, 0.3) is 0 Å². The molecule has 1 heterocycles. The first kappa shape index (κ1) is 20.5. The summed E-state index contributed by atoms with van der Waals surface area (Å²) in [4.78, 5) is 26.4. The highest BCUT2D eigenvalue weighted by Crippen LogP contribution is 2.21. The average Bonchev–Trinajstić information content (AvgIpc) is 3.10. The number of hydrogen-bond acceptors (Lipinski definition) is 6. The number of halogens is 1. The first-order valence-corrected chi connectivity index (χ1v) is 9.05. The molecule has 7 nitrogen and oxygen atoms in total. The maximum Gasteiger partial charge on any atom is 0.328 e. The third-order valence-corrected chi connectivity index (χ3v) is 4.68. The number of nitrogens with zero attached hydrogens (tertiary/aromatic N) is 1. The van der Waals surface area contributed by atoms with E-state index in [1.807, 2.05) is 13.8 Å². The van der Waals surface area contributed by atoms with Gasteiger partial charge in [0.15, 0.2) is 6.35 Å². The van der Waals surface area contributed by atoms with E-state index < -0.39 is 24.4 Å². The molecule has 1 amide bonds. The number of nitrogens with one attached hydrogen (secondary N) is 2. The molecule has 3 atom stereocenters. The Balaban J connectivity index is 2.04. The predicted octanol–water partition coefficient (Wildman–Crippen LogP) is 1.81. The van der Waals surface area contributed by atoms with Gasteiger partial charge in [0.05, 0.1) is 13.2 Å². The van der Waals surface area contributed by atoms with Crippen molar-refractivity contribution < 1.29 is 19.4 Å². The number of carbonyl (C=O) groups excluding carboxylic acids is 2. The van der Waals surface area contributed by atoms with Crippen molar-refractivity contribution in [1.29, 1.82) is 0 Å². The molecule has 0 radical (unpaired) electrons. The Kier molecular flexibility index (Phi) is 7.25. The first-order valence-electron chi connectivity index (χ1n) is 8.68. The topological polar surface area (TPSA) is 90.9 Å². The Morgan fingerprint density at radius 2 is 1.96 bits per heavy atom. The number of benzene rings is 1. The van der Waals surface area contributed by atoms with E-state index in [1.54, 1.807) is 29.2 Å². The summed E-state index contributed by atoms with van der Waals surface area (Å²) >= 11 is 5.85. The molecule has 1 aromatic carbocycles. The van der Waals surface area contributed by atoms with Crippen molar-refractivity contribution in [2.75, 3.05) is 19.0 Å². The smallest absolute Gasteiger partial charge is 0.328 e. The van der Waals surface area contributed by atoms with Crippen LogP contribution in [0.2, 0.25) is 5.02 Å². The van der Waals surface area contributed by atoms with Gasteiger partial charge in [-0.1, -0.05) is 25.4 Å². The Morgan fingerprint density at radius 3 is 2.54 bits per heavy atom. The quantitative estimate of drug-likeness (QED) is 0.491. The third-order valence-electron chi connectivity index (χ3n) is 4.43. The summed E-state index contributed by atoms with van der Waals surface area (Å²) in [6.07, 6.45) is 0.211. The maximum atomic E-state index is 12.9. The summed E-state index contributed by atoms with van der Waals surface area (Å²) in [5, 5.41) is 16.7. The van der Waals surface area contributed by atoms with Crippen LogP contribution in [0.4, 0.5) is 5.69 Å². The van der Waals surface area contributed by atoms with E-state index in [0.29, 0.717) is 23.7 Å². The fourth-order valence-electron chi connectivity index (χ4n) is 3.05. The van der Waals surface area contributed by atoms with Gasteiger partial charge in [-0.05, 0) is 43.0 Å². The monoisotopic (exact) mass is 383 g/mol. The van der Waals surface area contributed by atoms with Gasteiger partial charge in [-0.25, -0.2) is 4.79 Å². The van der Waals surface area contributed by atoms with E-state index in [0.717, 1.165) is 6.42 Å². The van der Waals surface area contributed by atoms with Crippen molar-refractivity contribution in [3.05, 3.63) is 29.3 Å². The highest BCUT2D eigenvalue weighted by molar-refractivity contribution is 6.30. The standard InChI is InChI=1S/C18H26ClN3O4/c1-11(2)15(16(23)22-10-4-5-14(22)17(24)26-3)21-18(25)20-13-8-6-12(19)7-9-13/h6-9,11,14-15,18,20-21,25H,4-5,10H2,1-3H3/t14-,15-,18?/m0/s1. The second-order valence-electron chi connectivity index (χ2n) is 6.65. The molecule has 1 aromatic rings. The Labute approximate surface area is 158 Å². The predicted molar refractivity (Wildman–Crippen MR) is 99.6 cm³/mol. The molecule has 0 aromatic heterocycles. The number of anilines is 1. The fraction of sp³-hybridized carbons (Fsp3) is 0.556. The number of aliphatic hydroxyl groups excluding tert-OH is 1. The van der Waals surface area contributed by atoms with E-state index in [4.69, 9.17) is 16.3 Å². The molecule has 1 aliphatic heterocycles. The average molecular weight is 384 g/mol. The number of likely N-dealkylation sites (tertiary alicyclic amines) is 1. The molecule has 0 aliphatic carbocycles. The molecular weight excluding hydrogens is 358 g/mol. The maximum absolute atomic E-state index is 12.9. The van der Waals surface area contributed by atoms with Crippen molar-refractivity contribution >= 4 is 29.2 Å². The SMILES string of the molecule is COC(=O)[C@@H]1CCCN1C(=O)[C@@H](NC(O)Nc1ccc(Cl)cc1)C(C)C. The molecule has 2 rings (SSSR count). The second-order valence-corrected chi connectivity index (χ2v) is 7.09. The lowest BCUT2D eigenvalue weighted by Crippen LogP contribution is -2.56. The normalized spacial score (nSPS) is 19.3. The molecule has 26 heavy (non-hydrogen) atoms.